The summed E-state index contributed by atoms with van der Waals surface area (Å²) in [6.07, 6.45) is 5.62. The molecule has 1 saturated heterocycles. The number of hydrogen-bond donors (Lipinski definition) is 1. The first-order valence-electron chi connectivity index (χ1n) is 7.07. The molecule has 0 spiro atoms. The third kappa shape index (κ3) is 6.16. The Labute approximate surface area is 112 Å². The van der Waals surface area contributed by atoms with Crippen LogP contribution in [0.4, 0.5) is 0 Å². The molecule has 2 unspecified atom stereocenters. The van der Waals surface area contributed by atoms with E-state index in [2.05, 4.69) is 24.1 Å². The number of sulfone groups is 1. The van der Waals surface area contributed by atoms with E-state index >= 15 is 0 Å². The normalized spacial score (nSPS) is 27.1. The molecule has 1 rings (SSSR count). The van der Waals surface area contributed by atoms with Crippen molar-refractivity contribution in [2.24, 2.45) is 0 Å². The van der Waals surface area contributed by atoms with Crippen LogP contribution in [-0.2, 0) is 9.84 Å². The van der Waals surface area contributed by atoms with E-state index in [1.807, 2.05) is 0 Å². The highest BCUT2D eigenvalue weighted by Gasteiger charge is 2.22. The lowest BCUT2D eigenvalue weighted by Crippen LogP contribution is -2.40. The molecule has 5 heteroatoms. The molecule has 0 aromatic rings. The Balaban J connectivity index is 2.44. The van der Waals surface area contributed by atoms with Crippen molar-refractivity contribution in [1.82, 2.24) is 10.2 Å². The van der Waals surface area contributed by atoms with E-state index in [0.717, 1.165) is 32.5 Å². The maximum absolute atomic E-state index is 11.2. The summed E-state index contributed by atoms with van der Waals surface area (Å²) in [5.74, 6) is 0.308. The first kappa shape index (κ1) is 15.9. The van der Waals surface area contributed by atoms with Crippen LogP contribution in [0.5, 0.6) is 0 Å². The molecule has 0 bridgehead atoms. The average molecular weight is 276 g/mol. The van der Waals surface area contributed by atoms with Gasteiger partial charge in [-0.25, -0.2) is 8.42 Å². The van der Waals surface area contributed by atoms with E-state index in [9.17, 15) is 8.42 Å². The van der Waals surface area contributed by atoms with Crippen LogP contribution < -0.4 is 5.32 Å². The topological polar surface area (TPSA) is 49.4 Å². The van der Waals surface area contributed by atoms with Gasteiger partial charge >= 0.3 is 0 Å². The number of hydrogen-bond acceptors (Lipinski definition) is 4. The smallest absolute Gasteiger partial charge is 0.147 e. The van der Waals surface area contributed by atoms with E-state index in [0.29, 0.717) is 17.8 Å². The highest BCUT2D eigenvalue weighted by atomic mass is 32.2. The molecule has 2 atom stereocenters. The molecular formula is C13H28N2O2S. The minimum atomic E-state index is -2.82. The van der Waals surface area contributed by atoms with Crippen molar-refractivity contribution >= 4 is 9.84 Å². The van der Waals surface area contributed by atoms with Gasteiger partial charge < -0.3 is 5.32 Å². The molecule has 1 N–H and O–H groups in total. The summed E-state index contributed by atoms with van der Waals surface area (Å²) < 4.78 is 22.3. The van der Waals surface area contributed by atoms with Gasteiger partial charge in [-0.2, -0.15) is 0 Å². The fourth-order valence-corrected chi connectivity index (χ4v) is 3.24. The Morgan fingerprint density at radius 3 is 2.72 bits per heavy atom. The molecule has 1 fully saturated rings. The van der Waals surface area contributed by atoms with Crippen molar-refractivity contribution in [3.05, 3.63) is 0 Å². The SMILES string of the molecule is CCCC1CN(CCCS(C)(=O)=O)C(C)CCN1. The number of nitrogens with one attached hydrogen (secondary N) is 1. The molecule has 0 aromatic heterocycles. The van der Waals surface area contributed by atoms with Crippen LogP contribution >= 0.6 is 0 Å². The predicted molar refractivity (Wildman–Crippen MR) is 76.7 cm³/mol. The zero-order chi connectivity index (χ0) is 13.6. The Morgan fingerprint density at radius 2 is 2.11 bits per heavy atom. The Morgan fingerprint density at radius 1 is 1.39 bits per heavy atom. The second-order valence-electron chi connectivity index (χ2n) is 5.56. The van der Waals surface area contributed by atoms with Crippen LogP contribution in [0.2, 0.25) is 0 Å². The van der Waals surface area contributed by atoms with Crippen molar-refractivity contribution in [2.75, 3.05) is 31.6 Å². The van der Waals surface area contributed by atoms with Gasteiger partial charge in [0.15, 0.2) is 0 Å². The van der Waals surface area contributed by atoms with Gasteiger partial charge in [0.05, 0.1) is 5.75 Å². The number of nitrogens with zero attached hydrogens (tertiary/aromatic N) is 1. The molecule has 108 valence electrons. The Hall–Kier alpha value is -0.130. The summed E-state index contributed by atoms with van der Waals surface area (Å²) in [7, 11) is -2.82. The minimum Gasteiger partial charge on any atom is -0.313 e. The second-order valence-corrected chi connectivity index (χ2v) is 7.82. The van der Waals surface area contributed by atoms with Gasteiger partial charge in [0.2, 0.25) is 0 Å². The van der Waals surface area contributed by atoms with Gasteiger partial charge in [0, 0.05) is 24.9 Å². The van der Waals surface area contributed by atoms with E-state index in [-0.39, 0.29) is 0 Å². The second kappa shape index (κ2) is 7.46. The summed E-state index contributed by atoms with van der Waals surface area (Å²) >= 11 is 0. The van der Waals surface area contributed by atoms with Crippen LogP contribution in [0.1, 0.15) is 39.5 Å². The fourth-order valence-electron chi connectivity index (χ4n) is 2.59. The van der Waals surface area contributed by atoms with E-state index in [4.69, 9.17) is 0 Å². The summed E-state index contributed by atoms with van der Waals surface area (Å²) in [5.41, 5.74) is 0. The molecule has 0 saturated carbocycles. The van der Waals surface area contributed by atoms with Gasteiger partial charge in [-0.15, -0.1) is 0 Å². The zero-order valence-corrected chi connectivity index (χ0v) is 12.8. The first-order chi connectivity index (χ1) is 8.42. The van der Waals surface area contributed by atoms with Crippen molar-refractivity contribution in [3.8, 4) is 0 Å². The third-order valence-corrected chi connectivity index (χ3v) is 4.70. The van der Waals surface area contributed by atoms with Crippen molar-refractivity contribution < 1.29 is 8.42 Å². The highest BCUT2D eigenvalue weighted by Crippen LogP contribution is 2.12. The lowest BCUT2D eigenvalue weighted by atomic mass is 10.1. The van der Waals surface area contributed by atoms with Crippen molar-refractivity contribution in [1.29, 1.82) is 0 Å². The van der Waals surface area contributed by atoms with E-state index in [1.54, 1.807) is 0 Å². The molecule has 0 amide bonds. The molecule has 0 aliphatic carbocycles. The highest BCUT2D eigenvalue weighted by molar-refractivity contribution is 7.90. The summed E-state index contributed by atoms with van der Waals surface area (Å²) in [4.78, 5) is 2.45. The zero-order valence-electron chi connectivity index (χ0n) is 12.0. The Kier molecular flexibility index (Phi) is 6.60. The first-order valence-corrected chi connectivity index (χ1v) is 9.13. The summed E-state index contributed by atoms with van der Waals surface area (Å²) in [5, 5.41) is 3.59. The van der Waals surface area contributed by atoms with Crippen molar-refractivity contribution in [2.45, 2.75) is 51.6 Å². The predicted octanol–water partition coefficient (Wildman–Crippen LogP) is 1.27. The molecular weight excluding hydrogens is 248 g/mol. The lowest BCUT2D eigenvalue weighted by molar-refractivity contribution is 0.202. The largest absolute Gasteiger partial charge is 0.313 e. The minimum absolute atomic E-state index is 0.308. The molecule has 4 nitrogen and oxygen atoms in total. The molecule has 18 heavy (non-hydrogen) atoms. The standard InChI is InChI=1S/C13H28N2O2S/c1-4-6-13-11-15(12(2)7-8-14-13)9-5-10-18(3,16)17/h12-14H,4-11H2,1-3H3. The van der Waals surface area contributed by atoms with Gasteiger partial charge in [-0.1, -0.05) is 13.3 Å². The van der Waals surface area contributed by atoms with Gasteiger partial charge in [0.1, 0.15) is 9.84 Å². The van der Waals surface area contributed by atoms with Crippen LogP contribution in [-0.4, -0.2) is 57.0 Å². The van der Waals surface area contributed by atoms with Crippen LogP contribution in [0, 0.1) is 0 Å². The molecule has 1 aliphatic heterocycles. The molecule has 1 heterocycles. The van der Waals surface area contributed by atoms with E-state index in [1.165, 1.54) is 19.1 Å². The average Bonchev–Trinajstić information content (AvgIpc) is 2.41. The summed E-state index contributed by atoms with van der Waals surface area (Å²) in [6, 6.07) is 1.12. The molecule has 1 aliphatic rings. The lowest BCUT2D eigenvalue weighted by Gasteiger charge is -2.28. The molecule has 0 aromatic carbocycles. The maximum Gasteiger partial charge on any atom is 0.147 e. The van der Waals surface area contributed by atoms with Gasteiger partial charge in [0.25, 0.3) is 0 Å². The number of rotatable bonds is 6. The fraction of sp³-hybridized carbons (Fsp3) is 1.00. The van der Waals surface area contributed by atoms with Gasteiger partial charge in [-0.3, -0.25) is 4.90 Å². The van der Waals surface area contributed by atoms with Gasteiger partial charge in [-0.05, 0) is 39.3 Å². The van der Waals surface area contributed by atoms with Crippen molar-refractivity contribution in [3.63, 3.8) is 0 Å². The van der Waals surface area contributed by atoms with E-state index < -0.39 is 9.84 Å². The summed E-state index contributed by atoms with van der Waals surface area (Å²) in [6.45, 7) is 7.49. The monoisotopic (exact) mass is 276 g/mol. The Bertz CT molecular complexity index is 330. The van der Waals surface area contributed by atoms with Crippen LogP contribution in [0.25, 0.3) is 0 Å². The third-order valence-electron chi connectivity index (χ3n) is 3.67. The maximum atomic E-state index is 11.2. The molecule has 0 radical (unpaired) electrons. The quantitative estimate of drug-likeness (QED) is 0.794. The van der Waals surface area contributed by atoms with Crippen LogP contribution in [0.3, 0.4) is 0 Å². The van der Waals surface area contributed by atoms with Crippen LogP contribution in [0.15, 0.2) is 0 Å².